The highest BCUT2D eigenvalue weighted by Crippen LogP contribution is 2.45. The SMILES string of the molecule is Cc1noc(C)c1CN1C[C@H]2CN(C(=O)c3ccccc3)[C@H](c3ccccc3)[C@H]2C1. The van der Waals surface area contributed by atoms with Gasteiger partial charge in [-0.1, -0.05) is 53.7 Å². The number of carbonyl (C=O) groups is 1. The summed E-state index contributed by atoms with van der Waals surface area (Å²) in [7, 11) is 0. The maximum absolute atomic E-state index is 13.4. The van der Waals surface area contributed by atoms with Crippen LogP contribution in [0.25, 0.3) is 0 Å². The Balaban J connectivity index is 1.41. The molecule has 0 aliphatic carbocycles. The molecule has 2 aromatic carbocycles. The van der Waals surface area contributed by atoms with E-state index in [2.05, 4.69) is 39.2 Å². The van der Waals surface area contributed by atoms with Crippen molar-refractivity contribution in [2.45, 2.75) is 26.4 Å². The van der Waals surface area contributed by atoms with Crippen molar-refractivity contribution in [1.82, 2.24) is 15.0 Å². The van der Waals surface area contributed by atoms with Crippen LogP contribution in [-0.4, -0.2) is 40.5 Å². The molecule has 5 rings (SSSR count). The molecule has 3 atom stereocenters. The molecule has 0 spiro atoms. The second-order valence-corrected chi connectivity index (χ2v) is 8.60. The van der Waals surface area contributed by atoms with Crippen molar-refractivity contribution < 1.29 is 9.32 Å². The molecule has 2 saturated heterocycles. The number of hydrogen-bond acceptors (Lipinski definition) is 4. The number of benzene rings is 2. The lowest BCUT2D eigenvalue weighted by Gasteiger charge is -2.30. The summed E-state index contributed by atoms with van der Waals surface area (Å²) >= 11 is 0. The molecule has 0 bridgehead atoms. The van der Waals surface area contributed by atoms with Crippen molar-refractivity contribution in [2.24, 2.45) is 11.8 Å². The topological polar surface area (TPSA) is 49.6 Å². The zero-order valence-corrected chi connectivity index (χ0v) is 17.5. The number of hydrogen-bond donors (Lipinski definition) is 0. The van der Waals surface area contributed by atoms with Gasteiger partial charge in [-0.25, -0.2) is 0 Å². The van der Waals surface area contributed by atoms with Crippen LogP contribution in [-0.2, 0) is 6.54 Å². The van der Waals surface area contributed by atoms with Crippen molar-refractivity contribution >= 4 is 5.91 Å². The average molecular weight is 402 g/mol. The summed E-state index contributed by atoms with van der Waals surface area (Å²) in [5.74, 6) is 1.95. The highest BCUT2D eigenvalue weighted by molar-refractivity contribution is 5.94. The molecule has 2 aliphatic rings. The molecular formula is C25H27N3O2. The van der Waals surface area contributed by atoms with Crippen molar-refractivity contribution in [3.05, 3.63) is 88.8 Å². The van der Waals surface area contributed by atoms with Crippen LogP contribution in [0.15, 0.2) is 65.2 Å². The van der Waals surface area contributed by atoms with Gasteiger partial charge in [0.1, 0.15) is 5.76 Å². The fourth-order valence-electron chi connectivity index (χ4n) is 5.25. The van der Waals surface area contributed by atoms with E-state index in [9.17, 15) is 4.79 Å². The van der Waals surface area contributed by atoms with E-state index < -0.39 is 0 Å². The van der Waals surface area contributed by atoms with E-state index >= 15 is 0 Å². The lowest BCUT2D eigenvalue weighted by molar-refractivity contribution is 0.0699. The van der Waals surface area contributed by atoms with E-state index in [-0.39, 0.29) is 11.9 Å². The maximum Gasteiger partial charge on any atom is 0.254 e. The highest BCUT2D eigenvalue weighted by Gasteiger charge is 2.49. The summed E-state index contributed by atoms with van der Waals surface area (Å²) < 4.78 is 5.36. The molecule has 154 valence electrons. The number of fused-ring (bicyclic) bond motifs is 1. The van der Waals surface area contributed by atoms with Crippen LogP contribution in [0.5, 0.6) is 0 Å². The predicted molar refractivity (Wildman–Crippen MR) is 115 cm³/mol. The highest BCUT2D eigenvalue weighted by atomic mass is 16.5. The molecule has 1 aromatic heterocycles. The summed E-state index contributed by atoms with van der Waals surface area (Å²) in [5.41, 5.74) is 4.17. The third kappa shape index (κ3) is 3.33. The van der Waals surface area contributed by atoms with Gasteiger partial charge in [0.15, 0.2) is 0 Å². The minimum absolute atomic E-state index is 0.110. The first-order valence-corrected chi connectivity index (χ1v) is 10.7. The van der Waals surface area contributed by atoms with Crippen LogP contribution in [0.2, 0.25) is 0 Å². The van der Waals surface area contributed by atoms with Gasteiger partial charge < -0.3 is 9.42 Å². The van der Waals surface area contributed by atoms with Gasteiger partial charge in [-0.15, -0.1) is 0 Å². The predicted octanol–water partition coefficient (Wildman–Crippen LogP) is 4.24. The van der Waals surface area contributed by atoms with E-state index in [4.69, 9.17) is 4.52 Å². The molecule has 0 unspecified atom stereocenters. The Labute approximate surface area is 177 Å². The van der Waals surface area contributed by atoms with Gasteiger partial charge in [0, 0.05) is 43.2 Å². The molecular weight excluding hydrogens is 374 g/mol. The van der Waals surface area contributed by atoms with Crippen molar-refractivity contribution in [1.29, 1.82) is 0 Å². The first-order valence-electron chi connectivity index (χ1n) is 10.7. The lowest BCUT2D eigenvalue weighted by Crippen LogP contribution is -2.35. The number of rotatable bonds is 4. The zero-order chi connectivity index (χ0) is 20.7. The first-order chi connectivity index (χ1) is 14.6. The Morgan fingerprint density at radius 2 is 1.70 bits per heavy atom. The number of amides is 1. The number of aryl methyl sites for hydroxylation is 2. The Bertz CT molecular complexity index is 1010. The quantitative estimate of drug-likeness (QED) is 0.656. The molecule has 5 heteroatoms. The third-order valence-corrected chi connectivity index (χ3v) is 6.73. The summed E-state index contributed by atoms with van der Waals surface area (Å²) in [6.45, 7) is 7.64. The first kappa shape index (κ1) is 19.1. The van der Waals surface area contributed by atoms with Crippen molar-refractivity contribution in [2.75, 3.05) is 19.6 Å². The molecule has 0 N–H and O–H groups in total. The van der Waals surface area contributed by atoms with Crippen LogP contribution in [0.4, 0.5) is 0 Å². The Morgan fingerprint density at radius 3 is 2.37 bits per heavy atom. The number of likely N-dealkylation sites (tertiary alicyclic amines) is 2. The van der Waals surface area contributed by atoms with E-state index in [0.717, 1.165) is 43.2 Å². The van der Waals surface area contributed by atoms with Gasteiger partial charge in [0.25, 0.3) is 5.91 Å². The van der Waals surface area contributed by atoms with Gasteiger partial charge in [-0.05, 0) is 37.5 Å². The standard InChI is InChI=1S/C25H27N3O2/c1-17-22(18(2)30-26-17)15-27-13-21-14-28(25(29)20-11-7-4-8-12-20)24(23(21)16-27)19-9-5-3-6-10-19/h3-12,21,23-24H,13-16H2,1-2H3/t21-,23-,24+/m0/s1. The molecule has 30 heavy (non-hydrogen) atoms. The number of nitrogens with zero attached hydrogens (tertiary/aromatic N) is 3. The molecule has 2 fully saturated rings. The van der Waals surface area contributed by atoms with E-state index in [0.29, 0.717) is 11.8 Å². The second-order valence-electron chi connectivity index (χ2n) is 8.60. The fourth-order valence-corrected chi connectivity index (χ4v) is 5.25. The van der Waals surface area contributed by atoms with Gasteiger partial charge in [0.2, 0.25) is 0 Å². The molecule has 2 aliphatic heterocycles. The molecule has 3 heterocycles. The summed E-state index contributed by atoms with van der Waals surface area (Å²) in [6.07, 6.45) is 0. The summed E-state index contributed by atoms with van der Waals surface area (Å²) in [4.78, 5) is 18.0. The monoisotopic (exact) mass is 401 g/mol. The lowest BCUT2D eigenvalue weighted by atomic mass is 9.89. The smallest absolute Gasteiger partial charge is 0.254 e. The Morgan fingerprint density at radius 1 is 1.00 bits per heavy atom. The van der Waals surface area contributed by atoms with Crippen LogP contribution in [0, 0.1) is 25.7 Å². The second kappa shape index (κ2) is 7.73. The third-order valence-electron chi connectivity index (χ3n) is 6.73. The Kier molecular flexibility index (Phi) is 4.91. The average Bonchev–Trinajstić information content (AvgIpc) is 3.43. The van der Waals surface area contributed by atoms with Gasteiger partial charge in [0.05, 0.1) is 11.7 Å². The normalized spacial score (nSPS) is 23.7. The van der Waals surface area contributed by atoms with Crippen molar-refractivity contribution in [3.63, 3.8) is 0 Å². The Hall–Kier alpha value is -2.92. The fraction of sp³-hybridized carbons (Fsp3) is 0.360. The van der Waals surface area contributed by atoms with Crippen molar-refractivity contribution in [3.8, 4) is 0 Å². The van der Waals surface area contributed by atoms with E-state index in [1.807, 2.05) is 50.2 Å². The molecule has 5 nitrogen and oxygen atoms in total. The van der Waals surface area contributed by atoms with Gasteiger partial charge in [-0.2, -0.15) is 0 Å². The van der Waals surface area contributed by atoms with E-state index in [1.165, 1.54) is 11.1 Å². The minimum atomic E-state index is 0.110. The zero-order valence-electron chi connectivity index (χ0n) is 17.5. The molecule has 3 aromatic rings. The van der Waals surface area contributed by atoms with Crippen LogP contribution < -0.4 is 0 Å². The maximum atomic E-state index is 13.4. The molecule has 1 amide bonds. The van der Waals surface area contributed by atoms with Crippen LogP contribution in [0.1, 0.15) is 39.0 Å². The largest absolute Gasteiger partial charge is 0.361 e. The summed E-state index contributed by atoms with van der Waals surface area (Å²) in [5, 5.41) is 4.11. The van der Waals surface area contributed by atoms with Gasteiger partial charge >= 0.3 is 0 Å². The molecule has 0 saturated carbocycles. The van der Waals surface area contributed by atoms with Crippen LogP contribution >= 0.6 is 0 Å². The van der Waals surface area contributed by atoms with Crippen LogP contribution in [0.3, 0.4) is 0 Å². The molecule has 0 radical (unpaired) electrons. The summed E-state index contributed by atoms with van der Waals surface area (Å²) in [6, 6.07) is 20.3. The van der Waals surface area contributed by atoms with E-state index in [1.54, 1.807) is 0 Å². The number of carbonyl (C=O) groups excluding carboxylic acids is 1. The number of aromatic nitrogens is 1. The van der Waals surface area contributed by atoms with Gasteiger partial charge in [-0.3, -0.25) is 9.69 Å². The minimum Gasteiger partial charge on any atom is -0.361 e.